The number of benzene rings is 1. The van der Waals surface area contributed by atoms with Gasteiger partial charge < -0.3 is 9.80 Å². The Morgan fingerprint density at radius 3 is 2.35 bits per heavy atom. The Bertz CT molecular complexity index is 916. The average Bonchev–Trinajstić information content (AvgIpc) is 3.60. The molecule has 0 N–H and O–H groups in total. The quantitative estimate of drug-likeness (QED) is 0.663. The lowest BCUT2D eigenvalue weighted by Gasteiger charge is -2.37. The molecule has 0 unspecified atom stereocenters. The fourth-order valence-corrected chi connectivity index (χ4v) is 4.25. The lowest BCUT2D eigenvalue weighted by Crippen LogP contribution is -2.49. The van der Waals surface area contributed by atoms with Gasteiger partial charge in [0.15, 0.2) is 0 Å². The third-order valence-electron chi connectivity index (χ3n) is 6.17. The summed E-state index contributed by atoms with van der Waals surface area (Å²) in [7, 11) is 0. The molecule has 1 aliphatic heterocycles. The zero-order chi connectivity index (χ0) is 22.0. The molecular formula is C25H33FN4O. The molecular weight excluding hydrogens is 391 g/mol. The Balaban J connectivity index is 1.60. The number of amides is 1. The fourth-order valence-electron chi connectivity index (χ4n) is 4.25. The number of piperazine rings is 1. The molecule has 5 nitrogen and oxygen atoms in total. The summed E-state index contributed by atoms with van der Waals surface area (Å²) in [5.41, 5.74) is 3.29. The number of hydrogen-bond acceptors (Lipinski definition) is 4. The number of rotatable bonds is 7. The van der Waals surface area contributed by atoms with Crippen molar-refractivity contribution < 1.29 is 9.18 Å². The second-order valence-electron chi connectivity index (χ2n) is 9.23. The van der Waals surface area contributed by atoms with E-state index in [-0.39, 0.29) is 11.7 Å². The Hall–Kier alpha value is -2.50. The summed E-state index contributed by atoms with van der Waals surface area (Å²) in [5.74, 6) is 2.86. The van der Waals surface area contributed by atoms with Crippen LogP contribution in [0.4, 0.5) is 10.2 Å². The summed E-state index contributed by atoms with van der Waals surface area (Å²) in [5, 5.41) is 0. The molecule has 1 aromatic heterocycles. The zero-order valence-corrected chi connectivity index (χ0v) is 18.9. The fraction of sp³-hybridized carbons (Fsp3) is 0.560. The maximum atomic E-state index is 13.4. The van der Waals surface area contributed by atoms with Gasteiger partial charge in [-0.05, 0) is 42.9 Å². The minimum absolute atomic E-state index is 0.220. The predicted octanol–water partition coefficient (Wildman–Crippen LogP) is 4.34. The van der Waals surface area contributed by atoms with Gasteiger partial charge in [0.2, 0.25) is 5.91 Å². The molecule has 6 heteroatoms. The van der Waals surface area contributed by atoms with Crippen molar-refractivity contribution in [2.24, 2.45) is 5.92 Å². The molecule has 2 aromatic rings. The molecule has 2 aliphatic rings. The Morgan fingerprint density at radius 1 is 1.10 bits per heavy atom. The van der Waals surface area contributed by atoms with Gasteiger partial charge in [-0.15, -0.1) is 0 Å². The molecule has 1 saturated carbocycles. The molecule has 2 fully saturated rings. The number of aryl methyl sites for hydroxylation is 1. The minimum atomic E-state index is -0.220. The lowest BCUT2D eigenvalue weighted by molar-refractivity contribution is -0.132. The van der Waals surface area contributed by atoms with Crippen molar-refractivity contribution in [3.63, 3.8) is 0 Å². The second-order valence-corrected chi connectivity index (χ2v) is 9.23. The number of halogens is 1. The first kappa shape index (κ1) is 21.7. The van der Waals surface area contributed by atoms with Gasteiger partial charge >= 0.3 is 0 Å². The van der Waals surface area contributed by atoms with Crippen molar-refractivity contribution in [2.75, 3.05) is 31.1 Å². The monoisotopic (exact) mass is 424 g/mol. The van der Waals surface area contributed by atoms with Gasteiger partial charge in [-0.25, -0.2) is 14.4 Å². The van der Waals surface area contributed by atoms with Crippen molar-refractivity contribution in [1.29, 1.82) is 0 Å². The third kappa shape index (κ3) is 5.23. The van der Waals surface area contributed by atoms with Gasteiger partial charge in [-0.1, -0.05) is 32.9 Å². The third-order valence-corrected chi connectivity index (χ3v) is 6.17. The van der Waals surface area contributed by atoms with Crippen LogP contribution in [-0.4, -0.2) is 47.0 Å². The van der Waals surface area contributed by atoms with E-state index in [1.807, 2.05) is 17.0 Å². The molecule has 0 bridgehead atoms. The Morgan fingerprint density at radius 2 is 1.77 bits per heavy atom. The van der Waals surface area contributed by atoms with Crippen molar-refractivity contribution >= 4 is 11.7 Å². The van der Waals surface area contributed by atoms with Gasteiger partial charge in [0.25, 0.3) is 0 Å². The van der Waals surface area contributed by atoms with E-state index in [1.165, 1.54) is 12.1 Å². The van der Waals surface area contributed by atoms with E-state index >= 15 is 0 Å². The van der Waals surface area contributed by atoms with Crippen LogP contribution >= 0.6 is 0 Å². The molecule has 1 saturated heterocycles. The van der Waals surface area contributed by atoms with Crippen molar-refractivity contribution in [3.8, 4) is 0 Å². The standard InChI is InChI=1S/C25H33FN4O/c1-4-22-21(16-18-5-9-20(26)10-6-18)25(28-24(27-22)19-7-8-19)30-13-11-29(12-14-30)23(31)15-17(2)3/h5-6,9-10,17,19H,4,7-8,11-16H2,1-3H3. The van der Waals surface area contributed by atoms with Crippen LogP contribution in [0.15, 0.2) is 24.3 Å². The van der Waals surface area contributed by atoms with E-state index in [2.05, 4.69) is 25.7 Å². The lowest BCUT2D eigenvalue weighted by atomic mass is 10.0. The highest BCUT2D eigenvalue weighted by Gasteiger charge is 2.31. The number of carbonyl (C=O) groups is 1. The maximum Gasteiger partial charge on any atom is 0.222 e. The van der Waals surface area contributed by atoms with Crippen LogP contribution in [-0.2, 0) is 17.6 Å². The molecule has 0 spiro atoms. The summed E-state index contributed by atoms with van der Waals surface area (Å²) in [4.78, 5) is 26.8. The number of nitrogens with zero attached hydrogens (tertiary/aromatic N) is 4. The zero-order valence-electron chi connectivity index (χ0n) is 18.9. The number of hydrogen-bond donors (Lipinski definition) is 0. The van der Waals surface area contributed by atoms with Crippen molar-refractivity contribution in [2.45, 2.75) is 58.8 Å². The van der Waals surface area contributed by atoms with Gasteiger partial charge in [0.05, 0.1) is 0 Å². The molecule has 1 amide bonds. The highest BCUT2D eigenvalue weighted by atomic mass is 19.1. The molecule has 1 aliphatic carbocycles. The predicted molar refractivity (Wildman–Crippen MR) is 121 cm³/mol. The average molecular weight is 425 g/mol. The van der Waals surface area contributed by atoms with Crippen LogP contribution in [0.25, 0.3) is 0 Å². The van der Waals surface area contributed by atoms with Gasteiger partial charge in [0.1, 0.15) is 17.5 Å². The van der Waals surface area contributed by atoms with E-state index in [4.69, 9.17) is 9.97 Å². The van der Waals surface area contributed by atoms with Crippen LogP contribution in [0.1, 0.15) is 68.6 Å². The topological polar surface area (TPSA) is 49.3 Å². The van der Waals surface area contributed by atoms with Crippen LogP contribution in [0.5, 0.6) is 0 Å². The molecule has 0 radical (unpaired) electrons. The summed E-state index contributed by atoms with van der Waals surface area (Å²) >= 11 is 0. The van der Waals surface area contributed by atoms with Crippen LogP contribution in [0.2, 0.25) is 0 Å². The van der Waals surface area contributed by atoms with Crippen LogP contribution < -0.4 is 4.90 Å². The molecule has 31 heavy (non-hydrogen) atoms. The largest absolute Gasteiger partial charge is 0.353 e. The Kier molecular flexibility index (Phi) is 6.54. The SMILES string of the molecule is CCc1nc(C2CC2)nc(N2CCN(C(=O)CC(C)C)CC2)c1Cc1ccc(F)cc1. The van der Waals surface area contributed by atoms with E-state index in [1.54, 1.807) is 0 Å². The normalized spacial score (nSPS) is 16.8. The highest BCUT2D eigenvalue weighted by Crippen LogP contribution is 2.40. The van der Waals surface area contributed by atoms with E-state index < -0.39 is 0 Å². The number of aromatic nitrogens is 2. The molecule has 166 valence electrons. The van der Waals surface area contributed by atoms with Crippen molar-refractivity contribution in [1.82, 2.24) is 14.9 Å². The first-order chi connectivity index (χ1) is 14.9. The van der Waals surface area contributed by atoms with Crippen molar-refractivity contribution in [3.05, 3.63) is 52.7 Å². The molecule has 0 atom stereocenters. The van der Waals surface area contributed by atoms with Gasteiger partial charge in [-0.3, -0.25) is 4.79 Å². The summed E-state index contributed by atoms with van der Waals surface area (Å²) in [6.45, 7) is 9.33. The number of carbonyl (C=O) groups excluding carboxylic acids is 1. The smallest absolute Gasteiger partial charge is 0.222 e. The molecule has 1 aromatic carbocycles. The van der Waals surface area contributed by atoms with E-state index in [0.717, 1.165) is 73.9 Å². The van der Waals surface area contributed by atoms with Gasteiger partial charge in [-0.2, -0.15) is 0 Å². The van der Waals surface area contributed by atoms with Crippen LogP contribution in [0, 0.1) is 11.7 Å². The minimum Gasteiger partial charge on any atom is -0.353 e. The summed E-state index contributed by atoms with van der Waals surface area (Å²) in [6, 6.07) is 6.71. The van der Waals surface area contributed by atoms with E-state index in [9.17, 15) is 9.18 Å². The highest BCUT2D eigenvalue weighted by molar-refractivity contribution is 5.76. The molecule has 2 heterocycles. The maximum absolute atomic E-state index is 13.4. The summed E-state index contributed by atoms with van der Waals surface area (Å²) in [6.07, 6.45) is 4.47. The molecule has 4 rings (SSSR count). The summed E-state index contributed by atoms with van der Waals surface area (Å²) < 4.78 is 13.4. The second kappa shape index (κ2) is 9.33. The number of anilines is 1. The first-order valence-electron chi connectivity index (χ1n) is 11.6. The Labute approximate surface area is 184 Å². The van der Waals surface area contributed by atoms with Gasteiger partial charge in [0, 0.05) is 56.2 Å². The van der Waals surface area contributed by atoms with Crippen LogP contribution in [0.3, 0.4) is 0 Å². The first-order valence-corrected chi connectivity index (χ1v) is 11.6. The van der Waals surface area contributed by atoms with E-state index in [0.29, 0.717) is 24.7 Å².